The van der Waals surface area contributed by atoms with Gasteiger partial charge in [0.05, 0.1) is 18.9 Å². The van der Waals surface area contributed by atoms with Gasteiger partial charge in [-0.3, -0.25) is 4.79 Å². The molecule has 0 heterocycles. The summed E-state index contributed by atoms with van der Waals surface area (Å²) in [5.74, 6) is 0.197. The lowest BCUT2D eigenvalue weighted by atomic mass is 10.1. The lowest BCUT2D eigenvalue weighted by Gasteiger charge is -2.09. The summed E-state index contributed by atoms with van der Waals surface area (Å²) in [6.45, 7) is 1.91. The molecule has 0 spiro atoms. The van der Waals surface area contributed by atoms with Crippen LogP contribution in [0.25, 0.3) is 10.8 Å². The summed E-state index contributed by atoms with van der Waals surface area (Å²) in [5, 5.41) is 15.7. The number of nitrogens with zero attached hydrogens (tertiary/aromatic N) is 1. The van der Waals surface area contributed by atoms with Crippen LogP contribution in [0.5, 0.6) is 11.5 Å². The van der Waals surface area contributed by atoms with E-state index in [1.54, 1.807) is 24.3 Å². The van der Waals surface area contributed by atoms with Gasteiger partial charge in [-0.15, -0.1) is 0 Å². The molecule has 0 fully saturated rings. The Labute approximate surface area is 145 Å². The Kier molecular flexibility index (Phi) is 4.66. The number of phenolic OH excluding ortho intramolecular Hbond substituents is 1. The van der Waals surface area contributed by atoms with Crippen LogP contribution in [0.4, 0.5) is 0 Å². The van der Waals surface area contributed by atoms with Crippen molar-refractivity contribution in [3.63, 3.8) is 0 Å². The number of aromatic hydroxyl groups is 1. The number of carbonyl (C=O) groups excluding carboxylic acids is 1. The van der Waals surface area contributed by atoms with Crippen molar-refractivity contribution in [2.24, 2.45) is 5.10 Å². The van der Waals surface area contributed by atoms with Gasteiger partial charge in [0, 0.05) is 5.56 Å². The molecule has 2 N–H and O–H groups in total. The van der Waals surface area contributed by atoms with Crippen molar-refractivity contribution in [2.45, 2.75) is 6.92 Å². The van der Waals surface area contributed by atoms with Crippen LogP contribution in [0.2, 0.25) is 0 Å². The smallest absolute Gasteiger partial charge is 0.275 e. The first-order valence-corrected chi connectivity index (χ1v) is 7.78. The summed E-state index contributed by atoms with van der Waals surface area (Å²) in [6.07, 6.45) is 1.41. The van der Waals surface area contributed by atoms with E-state index in [2.05, 4.69) is 10.5 Å². The van der Waals surface area contributed by atoms with Crippen molar-refractivity contribution in [1.29, 1.82) is 0 Å². The molecule has 0 aliphatic heterocycles. The molecule has 1 amide bonds. The van der Waals surface area contributed by atoms with Crippen LogP contribution in [-0.4, -0.2) is 24.3 Å². The van der Waals surface area contributed by atoms with Gasteiger partial charge < -0.3 is 9.84 Å². The first-order valence-electron chi connectivity index (χ1n) is 7.78. The van der Waals surface area contributed by atoms with E-state index < -0.39 is 0 Å². The average Bonchev–Trinajstić information content (AvgIpc) is 2.63. The van der Waals surface area contributed by atoms with Gasteiger partial charge in [0.1, 0.15) is 11.5 Å². The second kappa shape index (κ2) is 7.05. The van der Waals surface area contributed by atoms with Crippen molar-refractivity contribution in [2.75, 3.05) is 7.11 Å². The van der Waals surface area contributed by atoms with Crippen molar-refractivity contribution in [3.05, 3.63) is 71.3 Å². The second-order valence-corrected chi connectivity index (χ2v) is 5.66. The molecule has 3 rings (SSSR count). The number of phenols is 1. The van der Waals surface area contributed by atoms with Crippen LogP contribution in [-0.2, 0) is 0 Å². The number of carbonyl (C=O) groups is 1. The predicted octanol–water partition coefficient (Wildman–Crippen LogP) is 3.63. The fourth-order valence-corrected chi connectivity index (χ4v) is 2.56. The number of methoxy groups -OCH3 is 1. The average molecular weight is 334 g/mol. The van der Waals surface area contributed by atoms with Gasteiger partial charge in [-0.05, 0) is 42.0 Å². The third-order valence-corrected chi connectivity index (χ3v) is 3.87. The van der Waals surface area contributed by atoms with E-state index >= 15 is 0 Å². The number of hydrogen-bond donors (Lipinski definition) is 2. The molecule has 0 atom stereocenters. The van der Waals surface area contributed by atoms with Crippen LogP contribution >= 0.6 is 0 Å². The van der Waals surface area contributed by atoms with Crippen LogP contribution in [0.15, 0.2) is 59.7 Å². The standard InChI is InChI=1S/C20H18N2O3/c1-13-7-8-18(23)16(9-13)12-21-22-20(24)17-10-14-5-3-4-6-15(14)11-19(17)25-2/h3-12,23H,1-2H3,(H,22,24). The van der Waals surface area contributed by atoms with Gasteiger partial charge in [-0.2, -0.15) is 5.10 Å². The molecule has 0 bridgehead atoms. The Bertz CT molecular complexity index is 964. The minimum atomic E-state index is -0.383. The quantitative estimate of drug-likeness (QED) is 0.565. The number of aryl methyl sites for hydroxylation is 1. The lowest BCUT2D eigenvalue weighted by molar-refractivity contribution is 0.0952. The molecule has 25 heavy (non-hydrogen) atoms. The van der Waals surface area contributed by atoms with Crippen LogP contribution in [0.1, 0.15) is 21.5 Å². The number of hydrazone groups is 1. The minimum absolute atomic E-state index is 0.104. The topological polar surface area (TPSA) is 70.9 Å². The Morgan fingerprint density at radius 2 is 1.84 bits per heavy atom. The fraction of sp³-hybridized carbons (Fsp3) is 0.100. The SMILES string of the molecule is COc1cc2ccccc2cc1C(=O)NN=Cc1cc(C)ccc1O. The Morgan fingerprint density at radius 3 is 2.56 bits per heavy atom. The molecular weight excluding hydrogens is 316 g/mol. The number of fused-ring (bicyclic) bond motifs is 1. The number of hydrogen-bond acceptors (Lipinski definition) is 4. The molecule has 126 valence electrons. The lowest BCUT2D eigenvalue weighted by Crippen LogP contribution is -2.18. The summed E-state index contributed by atoms with van der Waals surface area (Å²) >= 11 is 0. The third-order valence-electron chi connectivity index (χ3n) is 3.87. The van der Waals surface area contributed by atoms with Gasteiger partial charge in [-0.1, -0.05) is 35.9 Å². The monoisotopic (exact) mass is 334 g/mol. The van der Waals surface area contributed by atoms with E-state index in [-0.39, 0.29) is 11.7 Å². The highest BCUT2D eigenvalue weighted by Gasteiger charge is 2.13. The van der Waals surface area contributed by atoms with Crippen LogP contribution < -0.4 is 10.2 Å². The maximum atomic E-state index is 12.4. The van der Waals surface area contributed by atoms with E-state index in [1.807, 2.05) is 37.3 Å². The minimum Gasteiger partial charge on any atom is -0.507 e. The summed E-state index contributed by atoms with van der Waals surface area (Å²) in [4.78, 5) is 12.4. The molecule has 3 aromatic rings. The van der Waals surface area contributed by atoms with Gasteiger partial charge in [0.25, 0.3) is 5.91 Å². The molecule has 0 aliphatic rings. The highest BCUT2D eigenvalue weighted by atomic mass is 16.5. The van der Waals surface area contributed by atoms with Gasteiger partial charge in [0.2, 0.25) is 0 Å². The number of benzene rings is 3. The molecule has 0 saturated heterocycles. The van der Waals surface area contributed by atoms with Gasteiger partial charge in [-0.25, -0.2) is 5.43 Å². The van der Waals surface area contributed by atoms with Gasteiger partial charge >= 0.3 is 0 Å². The largest absolute Gasteiger partial charge is 0.507 e. The molecule has 0 radical (unpaired) electrons. The first kappa shape index (κ1) is 16.5. The third kappa shape index (κ3) is 3.61. The molecule has 5 nitrogen and oxygen atoms in total. The zero-order valence-corrected chi connectivity index (χ0v) is 14.0. The van der Waals surface area contributed by atoms with E-state index in [4.69, 9.17) is 4.74 Å². The first-order chi connectivity index (χ1) is 12.1. The summed E-state index contributed by atoms with van der Waals surface area (Å²) < 4.78 is 5.32. The van der Waals surface area contributed by atoms with E-state index in [0.29, 0.717) is 16.9 Å². The fourth-order valence-electron chi connectivity index (χ4n) is 2.56. The summed E-state index contributed by atoms with van der Waals surface area (Å²) in [6, 6.07) is 16.5. The second-order valence-electron chi connectivity index (χ2n) is 5.66. The summed E-state index contributed by atoms with van der Waals surface area (Å²) in [7, 11) is 1.52. The number of amides is 1. The molecule has 0 unspecified atom stereocenters. The Morgan fingerprint density at radius 1 is 1.12 bits per heavy atom. The zero-order valence-electron chi connectivity index (χ0n) is 14.0. The maximum absolute atomic E-state index is 12.4. The number of rotatable bonds is 4. The number of nitrogens with one attached hydrogen (secondary N) is 1. The molecule has 0 aromatic heterocycles. The molecule has 3 aromatic carbocycles. The van der Waals surface area contributed by atoms with Gasteiger partial charge in [0.15, 0.2) is 0 Å². The highest BCUT2D eigenvalue weighted by Crippen LogP contribution is 2.25. The van der Waals surface area contributed by atoms with Crippen molar-refractivity contribution < 1.29 is 14.6 Å². The maximum Gasteiger partial charge on any atom is 0.275 e. The van der Waals surface area contributed by atoms with E-state index in [0.717, 1.165) is 16.3 Å². The van der Waals surface area contributed by atoms with E-state index in [1.165, 1.54) is 13.3 Å². The zero-order chi connectivity index (χ0) is 17.8. The Hall–Kier alpha value is -3.34. The normalized spacial score (nSPS) is 11.0. The molecule has 0 saturated carbocycles. The Balaban J connectivity index is 1.84. The molecule has 0 aliphatic carbocycles. The highest BCUT2D eigenvalue weighted by molar-refractivity contribution is 6.02. The van der Waals surface area contributed by atoms with Crippen molar-refractivity contribution in [3.8, 4) is 11.5 Å². The van der Waals surface area contributed by atoms with Crippen molar-refractivity contribution in [1.82, 2.24) is 5.43 Å². The van der Waals surface area contributed by atoms with Crippen LogP contribution in [0, 0.1) is 6.92 Å². The number of ether oxygens (including phenoxy) is 1. The molecule has 5 heteroatoms. The van der Waals surface area contributed by atoms with Crippen LogP contribution in [0.3, 0.4) is 0 Å². The summed E-state index contributed by atoms with van der Waals surface area (Å²) in [5.41, 5.74) is 4.39. The van der Waals surface area contributed by atoms with Crippen molar-refractivity contribution >= 4 is 22.9 Å². The predicted molar refractivity (Wildman–Crippen MR) is 98.4 cm³/mol. The van der Waals surface area contributed by atoms with E-state index in [9.17, 15) is 9.90 Å². The molecular formula is C20H18N2O3.